The van der Waals surface area contributed by atoms with E-state index in [-0.39, 0.29) is 10.8 Å². The van der Waals surface area contributed by atoms with Gasteiger partial charge >= 0.3 is 0 Å². The van der Waals surface area contributed by atoms with Crippen LogP contribution >= 0.6 is 0 Å². The van der Waals surface area contributed by atoms with Crippen molar-refractivity contribution < 1.29 is 9.59 Å². The molecule has 0 aliphatic heterocycles. The van der Waals surface area contributed by atoms with Crippen molar-refractivity contribution in [3.63, 3.8) is 0 Å². The zero-order chi connectivity index (χ0) is 16.4. The van der Waals surface area contributed by atoms with Gasteiger partial charge in [0.2, 0.25) is 0 Å². The number of carbonyl (C=O) groups excluding carboxylic acids is 2. The Balaban J connectivity index is 1.72. The molecule has 4 rings (SSSR count). The molecule has 4 aliphatic carbocycles. The second-order valence-electron chi connectivity index (χ2n) is 8.75. The summed E-state index contributed by atoms with van der Waals surface area (Å²) < 4.78 is 0. The molecule has 0 aromatic carbocycles. The molecule has 4 aliphatic rings. The minimum atomic E-state index is 0.106. The van der Waals surface area contributed by atoms with E-state index in [0.29, 0.717) is 35.7 Å². The first kappa shape index (κ1) is 15.4. The lowest BCUT2D eigenvalue weighted by Gasteiger charge is -2.57. The van der Waals surface area contributed by atoms with Crippen LogP contribution in [0.4, 0.5) is 0 Å². The summed E-state index contributed by atoms with van der Waals surface area (Å²) in [7, 11) is 0. The monoisotopic (exact) mass is 312 g/mol. The van der Waals surface area contributed by atoms with Crippen LogP contribution in [0.15, 0.2) is 23.3 Å². The predicted molar refractivity (Wildman–Crippen MR) is 90.9 cm³/mol. The second kappa shape index (κ2) is 4.91. The van der Waals surface area contributed by atoms with Gasteiger partial charge in [-0.1, -0.05) is 25.5 Å². The molecule has 23 heavy (non-hydrogen) atoms. The van der Waals surface area contributed by atoms with Crippen molar-refractivity contribution in [3.8, 4) is 0 Å². The Morgan fingerprint density at radius 1 is 1.04 bits per heavy atom. The molecular weight excluding hydrogens is 284 g/mol. The van der Waals surface area contributed by atoms with Crippen LogP contribution in [0.3, 0.4) is 0 Å². The summed E-state index contributed by atoms with van der Waals surface area (Å²) in [5, 5.41) is 0. The third-order valence-corrected chi connectivity index (χ3v) is 7.96. The fourth-order valence-corrected chi connectivity index (χ4v) is 6.71. The molecule has 0 N–H and O–H groups in total. The largest absolute Gasteiger partial charge is 0.295 e. The van der Waals surface area contributed by atoms with Crippen molar-refractivity contribution in [1.29, 1.82) is 0 Å². The van der Waals surface area contributed by atoms with E-state index >= 15 is 0 Å². The lowest BCUT2D eigenvalue weighted by atomic mass is 9.47. The molecule has 0 spiro atoms. The van der Waals surface area contributed by atoms with Gasteiger partial charge in [-0.25, -0.2) is 0 Å². The molecule has 3 saturated carbocycles. The van der Waals surface area contributed by atoms with Crippen LogP contribution in [-0.4, -0.2) is 11.6 Å². The average Bonchev–Trinajstić information content (AvgIpc) is 2.77. The van der Waals surface area contributed by atoms with E-state index < -0.39 is 0 Å². The van der Waals surface area contributed by atoms with Gasteiger partial charge in [-0.2, -0.15) is 0 Å². The quantitative estimate of drug-likeness (QED) is 0.610. The van der Waals surface area contributed by atoms with Crippen molar-refractivity contribution in [3.05, 3.63) is 23.3 Å². The number of carbonyl (C=O) groups is 2. The standard InChI is InChI=1S/C21H28O2/c1-4-16-19(23)12-18-15-6-5-13-11-14(22)7-9-20(13,2)17(15)8-10-21(16,18)3/h4,11,15,17-18H,5-10,12H2,1-3H3/b16-4-. The first-order valence-electron chi connectivity index (χ1n) is 9.34. The average molecular weight is 312 g/mol. The number of allylic oxidation sites excluding steroid dienone is 3. The van der Waals surface area contributed by atoms with Crippen LogP contribution in [0.1, 0.15) is 65.7 Å². The molecule has 124 valence electrons. The first-order valence-corrected chi connectivity index (χ1v) is 9.34. The zero-order valence-corrected chi connectivity index (χ0v) is 14.7. The van der Waals surface area contributed by atoms with Gasteiger partial charge in [0.15, 0.2) is 11.6 Å². The molecular formula is C21H28O2. The van der Waals surface area contributed by atoms with Gasteiger partial charge in [0.25, 0.3) is 0 Å². The fourth-order valence-electron chi connectivity index (χ4n) is 6.71. The maximum Gasteiger partial charge on any atom is 0.159 e. The smallest absolute Gasteiger partial charge is 0.159 e. The van der Waals surface area contributed by atoms with Crippen molar-refractivity contribution >= 4 is 11.6 Å². The van der Waals surface area contributed by atoms with Crippen molar-refractivity contribution in [2.24, 2.45) is 28.6 Å². The van der Waals surface area contributed by atoms with E-state index in [1.165, 1.54) is 18.4 Å². The Morgan fingerprint density at radius 3 is 2.57 bits per heavy atom. The minimum absolute atomic E-state index is 0.106. The van der Waals surface area contributed by atoms with Crippen molar-refractivity contribution in [2.75, 3.05) is 0 Å². The highest BCUT2D eigenvalue weighted by Crippen LogP contribution is 2.65. The molecule has 0 amide bonds. The topological polar surface area (TPSA) is 34.1 Å². The van der Waals surface area contributed by atoms with E-state index in [9.17, 15) is 9.59 Å². The maximum atomic E-state index is 12.5. The highest BCUT2D eigenvalue weighted by molar-refractivity contribution is 5.99. The minimum Gasteiger partial charge on any atom is -0.295 e. The summed E-state index contributed by atoms with van der Waals surface area (Å²) in [6.07, 6.45) is 11.1. The molecule has 0 saturated heterocycles. The van der Waals surface area contributed by atoms with Gasteiger partial charge in [-0.15, -0.1) is 0 Å². The Kier molecular flexibility index (Phi) is 3.28. The highest BCUT2D eigenvalue weighted by atomic mass is 16.1. The van der Waals surface area contributed by atoms with E-state index in [4.69, 9.17) is 0 Å². The Bertz CT molecular complexity index is 640. The lowest BCUT2D eigenvalue weighted by Crippen LogP contribution is -2.49. The maximum absolute atomic E-state index is 12.5. The third kappa shape index (κ3) is 1.93. The predicted octanol–water partition coefficient (Wildman–Crippen LogP) is 4.64. The molecule has 3 fully saturated rings. The van der Waals surface area contributed by atoms with Crippen LogP contribution < -0.4 is 0 Å². The Morgan fingerprint density at radius 2 is 1.83 bits per heavy atom. The van der Waals surface area contributed by atoms with Crippen LogP contribution in [0.5, 0.6) is 0 Å². The molecule has 0 aromatic rings. The van der Waals surface area contributed by atoms with E-state index in [1.54, 1.807) is 0 Å². The molecule has 5 atom stereocenters. The van der Waals surface area contributed by atoms with E-state index in [1.807, 2.05) is 13.0 Å². The van der Waals surface area contributed by atoms with Crippen LogP contribution in [0.25, 0.3) is 0 Å². The molecule has 5 unspecified atom stereocenters. The molecule has 0 heterocycles. The summed E-state index contributed by atoms with van der Waals surface area (Å²) in [5.41, 5.74) is 2.83. The number of rotatable bonds is 0. The van der Waals surface area contributed by atoms with Gasteiger partial charge in [-0.3, -0.25) is 9.59 Å². The molecule has 0 bridgehead atoms. The van der Waals surface area contributed by atoms with Gasteiger partial charge in [-0.05, 0) is 79.3 Å². The molecule has 2 heteroatoms. The van der Waals surface area contributed by atoms with Crippen molar-refractivity contribution in [2.45, 2.75) is 65.7 Å². The Labute approximate surface area is 139 Å². The summed E-state index contributed by atoms with van der Waals surface area (Å²) in [6.45, 7) is 6.77. The van der Waals surface area contributed by atoms with Gasteiger partial charge in [0.1, 0.15) is 0 Å². The lowest BCUT2D eigenvalue weighted by molar-refractivity contribution is -0.117. The van der Waals surface area contributed by atoms with Gasteiger partial charge in [0, 0.05) is 12.8 Å². The van der Waals surface area contributed by atoms with Crippen LogP contribution in [0, 0.1) is 28.6 Å². The normalized spacial score (nSPS) is 47.9. The fraction of sp³-hybridized carbons (Fsp3) is 0.714. The van der Waals surface area contributed by atoms with Gasteiger partial charge in [0.05, 0.1) is 0 Å². The summed E-state index contributed by atoms with van der Waals surface area (Å²) in [5.74, 6) is 2.56. The van der Waals surface area contributed by atoms with E-state index in [0.717, 1.165) is 31.3 Å². The van der Waals surface area contributed by atoms with Gasteiger partial charge < -0.3 is 0 Å². The highest BCUT2D eigenvalue weighted by Gasteiger charge is 2.59. The number of Topliss-reactive ketones (excluding diaryl/α,β-unsaturated/α-hetero) is 1. The second-order valence-corrected chi connectivity index (χ2v) is 8.75. The van der Waals surface area contributed by atoms with Crippen LogP contribution in [-0.2, 0) is 9.59 Å². The number of hydrogen-bond acceptors (Lipinski definition) is 2. The molecule has 0 aromatic heterocycles. The SMILES string of the molecule is C/C=C1/C(=O)CC2C3CCC4=CC(=O)CCC4(C)C3CCC12C. The summed E-state index contributed by atoms with van der Waals surface area (Å²) in [4.78, 5) is 24.4. The van der Waals surface area contributed by atoms with Crippen LogP contribution in [0.2, 0.25) is 0 Å². The van der Waals surface area contributed by atoms with Crippen molar-refractivity contribution in [1.82, 2.24) is 0 Å². The summed E-state index contributed by atoms with van der Waals surface area (Å²) in [6, 6.07) is 0. The number of hydrogen-bond donors (Lipinski definition) is 0. The molecule has 0 radical (unpaired) electrons. The third-order valence-electron chi connectivity index (χ3n) is 7.96. The number of fused-ring (bicyclic) bond motifs is 5. The Hall–Kier alpha value is -1.18. The zero-order valence-electron chi connectivity index (χ0n) is 14.7. The number of ketones is 2. The molecule has 2 nitrogen and oxygen atoms in total. The summed E-state index contributed by atoms with van der Waals surface area (Å²) >= 11 is 0. The first-order chi connectivity index (χ1) is 10.9. The van der Waals surface area contributed by atoms with E-state index in [2.05, 4.69) is 19.9 Å².